The van der Waals surface area contributed by atoms with Crippen LogP contribution in [0.1, 0.15) is 27.1 Å². The summed E-state index contributed by atoms with van der Waals surface area (Å²) in [5.41, 5.74) is 1.04. The smallest absolute Gasteiger partial charge is 0.262 e. The number of methoxy groups -OCH3 is 2. The number of anilines is 1. The van der Waals surface area contributed by atoms with Gasteiger partial charge in [-0.25, -0.2) is 0 Å². The monoisotopic (exact) mass is 414 g/mol. The minimum Gasteiger partial charge on any atom is -0.497 e. The van der Waals surface area contributed by atoms with Gasteiger partial charge in [0.2, 0.25) is 5.91 Å². The molecule has 7 nitrogen and oxygen atoms in total. The minimum absolute atomic E-state index is 0.318. The van der Waals surface area contributed by atoms with Gasteiger partial charge in [0.1, 0.15) is 17.5 Å². The van der Waals surface area contributed by atoms with E-state index < -0.39 is 23.8 Å². The molecule has 0 radical (unpaired) electrons. The summed E-state index contributed by atoms with van der Waals surface area (Å²) in [4.78, 5) is 39.9. The highest BCUT2D eigenvalue weighted by atomic mass is 32.2. The van der Waals surface area contributed by atoms with Gasteiger partial charge in [-0.2, -0.15) is 11.8 Å². The molecular weight excluding hydrogens is 392 g/mol. The van der Waals surface area contributed by atoms with Crippen LogP contribution in [0.15, 0.2) is 42.5 Å². The van der Waals surface area contributed by atoms with E-state index in [-0.39, 0.29) is 0 Å². The van der Waals surface area contributed by atoms with E-state index in [9.17, 15) is 14.4 Å². The van der Waals surface area contributed by atoms with Crippen molar-refractivity contribution in [2.75, 3.05) is 31.5 Å². The van der Waals surface area contributed by atoms with Crippen LogP contribution in [-0.2, 0) is 4.79 Å². The molecule has 1 aliphatic rings. The Hall–Kier alpha value is -3.00. The van der Waals surface area contributed by atoms with E-state index >= 15 is 0 Å². The number of fused-ring (bicyclic) bond motifs is 1. The van der Waals surface area contributed by atoms with Crippen molar-refractivity contribution in [2.45, 2.75) is 12.5 Å². The van der Waals surface area contributed by atoms with E-state index in [0.29, 0.717) is 40.5 Å². The van der Waals surface area contributed by atoms with Crippen LogP contribution in [0.25, 0.3) is 0 Å². The maximum absolute atomic E-state index is 13.2. The maximum atomic E-state index is 13.2. The van der Waals surface area contributed by atoms with E-state index in [2.05, 4.69) is 5.32 Å². The average molecular weight is 414 g/mol. The lowest BCUT2D eigenvalue weighted by Gasteiger charge is -2.25. The van der Waals surface area contributed by atoms with Crippen LogP contribution in [0.5, 0.6) is 11.5 Å². The molecule has 0 unspecified atom stereocenters. The van der Waals surface area contributed by atoms with Gasteiger partial charge in [-0.05, 0) is 42.7 Å². The van der Waals surface area contributed by atoms with Gasteiger partial charge in [-0.3, -0.25) is 19.3 Å². The van der Waals surface area contributed by atoms with E-state index in [1.54, 1.807) is 42.5 Å². The highest BCUT2D eigenvalue weighted by Crippen LogP contribution is 2.31. The van der Waals surface area contributed by atoms with Crippen molar-refractivity contribution in [3.8, 4) is 11.5 Å². The third kappa shape index (κ3) is 4.07. The van der Waals surface area contributed by atoms with Crippen LogP contribution < -0.4 is 14.8 Å². The molecule has 152 valence electrons. The van der Waals surface area contributed by atoms with Crippen molar-refractivity contribution in [3.05, 3.63) is 53.6 Å². The summed E-state index contributed by atoms with van der Waals surface area (Å²) >= 11 is 1.54. The van der Waals surface area contributed by atoms with Crippen LogP contribution in [0.2, 0.25) is 0 Å². The van der Waals surface area contributed by atoms with Crippen molar-refractivity contribution < 1.29 is 23.9 Å². The summed E-state index contributed by atoms with van der Waals surface area (Å²) in [5, 5.41) is 2.79. The summed E-state index contributed by atoms with van der Waals surface area (Å²) < 4.78 is 10.5. The molecule has 2 aromatic rings. The van der Waals surface area contributed by atoms with Gasteiger partial charge in [-0.1, -0.05) is 12.1 Å². The summed E-state index contributed by atoms with van der Waals surface area (Å²) in [7, 11) is 3.01. The minimum atomic E-state index is -0.939. The van der Waals surface area contributed by atoms with Gasteiger partial charge in [0, 0.05) is 6.07 Å². The Labute approximate surface area is 173 Å². The molecule has 2 aromatic carbocycles. The molecule has 29 heavy (non-hydrogen) atoms. The lowest BCUT2D eigenvalue weighted by Crippen LogP contribution is -2.47. The molecule has 1 N–H and O–H groups in total. The van der Waals surface area contributed by atoms with E-state index in [4.69, 9.17) is 9.47 Å². The Morgan fingerprint density at radius 3 is 2.28 bits per heavy atom. The van der Waals surface area contributed by atoms with Gasteiger partial charge in [0.05, 0.1) is 31.0 Å². The van der Waals surface area contributed by atoms with Gasteiger partial charge < -0.3 is 14.8 Å². The number of nitrogens with one attached hydrogen (secondary N) is 1. The van der Waals surface area contributed by atoms with Gasteiger partial charge >= 0.3 is 0 Å². The predicted octanol–water partition coefficient (Wildman–Crippen LogP) is 3.06. The third-order valence-electron chi connectivity index (χ3n) is 4.70. The van der Waals surface area contributed by atoms with Crippen LogP contribution in [0.4, 0.5) is 5.69 Å². The van der Waals surface area contributed by atoms with Crippen LogP contribution in [0, 0.1) is 0 Å². The lowest BCUT2D eigenvalue weighted by molar-refractivity contribution is -0.120. The van der Waals surface area contributed by atoms with Crippen molar-refractivity contribution in [1.82, 2.24) is 4.90 Å². The number of hydrogen-bond donors (Lipinski definition) is 1. The van der Waals surface area contributed by atoms with E-state index in [1.807, 2.05) is 6.26 Å². The number of benzene rings is 2. The molecule has 1 aliphatic heterocycles. The summed E-state index contributed by atoms with van der Waals surface area (Å²) in [6, 6.07) is 10.7. The number of thioether (sulfide) groups is 1. The molecular formula is C21H22N2O5S. The summed E-state index contributed by atoms with van der Waals surface area (Å²) in [6.07, 6.45) is 2.24. The van der Waals surface area contributed by atoms with E-state index in [0.717, 1.165) is 4.90 Å². The SMILES string of the molecule is COc1ccc(OC)c(NC(=O)[C@@H](CCSC)N2C(=O)c3ccccc3C2=O)c1. The standard InChI is InChI=1S/C21H22N2O5S/c1-27-13-8-9-18(28-2)16(12-13)22-19(24)17(10-11-29-3)23-20(25)14-6-4-5-7-15(14)21(23)26/h4-9,12,17H,10-11H2,1-3H3,(H,22,24)/t17-/m1/s1. The quantitative estimate of drug-likeness (QED) is 0.669. The second kappa shape index (κ2) is 9.00. The number of imide groups is 1. The van der Waals surface area contributed by atoms with Crippen LogP contribution in [-0.4, -0.2) is 54.9 Å². The molecule has 1 heterocycles. The van der Waals surface area contributed by atoms with Crippen LogP contribution >= 0.6 is 11.8 Å². The zero-order chi connectivity index (χ0) is 21.0. The average Bonchev–Trinajstić information content (AvgIpc) is 2.99. The molecule has 0 saturated heterocycles. The van der Waals surface area contributed by atoms with Gasteiger partial charge in [0.25, 0.3) is 11.8 Å². The molecule has 0 saturated carbocycles. The fraction of sp³-hybridized carbons (Fsp3) is 0.286. The number of ether oxygens (including phenoxy) is 2. The largest absolute Gasteiger partial charge is 0.497 e. The van der Waals surface area contributed by atoms with Crippen molar-refractivity contribution >= 4 is 35.2 Å². The van der Waals surface area contributed by atoms with Crippen molar-refractivity contribution in [3.63, 3.8) is 0 Å². The predicted molar refractivity (Wildman–Crippen MR) is 112 cm³/mol. The molecule has 0 aliphatic carbocycles. The topological polar surface area (TPSA) is 84.9 Å². The van der Waals surface area contributed by atoms with E-state index in [1.165, 1.54) is 26.0 Å². The first-order valence-electron chi connectivity index (χ1n) is 9.00. The number of nitrogens with zero attached hydrogens (tertiary/aromatic N) is 1. The molecule has 0 aromatic heterocycles. The molecule has 3 rings (SSSR count). The first-order valence-corrected chi connectivity index (χ1v) is 10.4. The fourth-order valence-electron chi connectivity index (χ4n) is 3.23. The number of hydrogen-bond acceptors (Lipinski definition) is 6. The first kappa shape index (κ1) is 20.7. The molecule has 0 spiro atoms. The highest BCUT2D eigenvalue weighted by molar-refractivity contribution is 7.98. The van der Waals surface area contributed by atoms with Crippen molar-refractivity contribution in [1.29, 1.82) is 0 Å². The maximum Gasteiger partial charge on any atom is 0.262 e. The Balaban J connectivity index is 1.91. The third-order valence-corrected chi connectivity index (χ3v) is 5.34. The Bertz CT molecular complexity index is 911. The zero-order valence-corrected chi connectivity index (χ0v) is 17.2. The number of carbonyl (C=O) groups excluding carboxylic acids is 3. The fourth-order valence-corrected chi connectivity index (χ4v) is 3.68. The van der Waals surface area contributed by atoms with Crippen LogP contribution in [0.3, 0.4) is 0 Å². The molecule has 3 amide bonds. The number of carbonyl (C=O) groups is 3. The first-order chi connectivity index (χ1) is 14.0. The zero-order valence-electron chi connectivity index (χ0n) is 16.4. The second-order valence-electron chi connectivity index (χ2n) is 6.38. The summed E-state index contributed by atoms with van der Waals surface area (Å²) in [5.74, 6) is 0.238. The Morgan fingerprint density at radius 1 is 1.07 bits per heavy atom. The highest BCUT2D eigenvalue weighted by Gasteiger charge is 2.42. The lowest BCUT2D eigenvalue weighted by atomic mass is 10.1. The number of amides is 3. The molecule has 1 atom stereocenters. The van der Waals surface area contributed by atoms with Gasteiger partial charge in [0.15, 0.2) is 0 Å². The normalized spacial score (nSPS) is 13.8. The molecule has 8 heteroatoms. The van der Waals surface area contributed by atoms with Gasteiger partial charge in [-0.15, -0.1) is 0 Å². The number of rotatable bonds is 8. The van der Waals surface area contributed by atoms with Crippen molar-refractivity contribution in [2.24, 2.45) is 0 Å². The molecule has 0 fully saturated rings. The Morgan fingerprint density at radius 2 is 1.72 bits per heavy atom. The molecule has 0 bridgehead atoms. The Kier molecular flexibility index (Phi) is 6.43. The summed E-state index contributed by atoms with van der Waals surface area (Å²) in [6.45, 7) is 0. The second-order valence-corrected chi connectivity index (χ2v) is 7.36.